The Hall–Kier alpha value is -2.70. The molecule has 7 heteroatoms. The molecule has 0 aliphatic carbocycles. The minimum atomic E-state index is -0.460. The number of imide groups is 1. The number of urea groups is 1. The van der Waals surface area contributed by atoms with Gasteiger partial charge in [0.25, 0.3) is 0 Å². The van der Waals surface area contributed by atoms with Crippen LogP contribution < -0.4 is 10.2 Å². The molecular weight excluding hydrogens is 282 g/mol. The molecule has 114 valence electrons. The van der Waals surface area contributed by atoms with E-state index in [0.717, 1.165) is 5.69 Å². The van der Waals surface area contributed by atoms with Gasteiger partial charge in [-0.25, -0.2) is 9.48 Å². The number of hydrogen-bond donors (Lipinski definition) is 1. The molecule has 0 spiro atoms. The lowest BCUT2D eigenvalue weighted by molar-refractivity contribution is -0.120. The van der Waals surface area contributed by atoms with Gasteiger partial charge in [0.05, 0.1) is 11.9 Å². The molecule has 0 atom stereocenters. The Morgan fingerprint density at radius 2 is 1.91 bits per heavy atom. The van der Waals surface area contributed by atoms with E-state index in [0.29, 0.717) is 18.3 Å². The van der Waals surface area contributed by atoms with Crippen molar-refractivity contribution in [2.75, 3.05) is 11.4 Å². The standard InChI is InChI=1S/C15H17N5O2/c1-10(2)11-3-5-12(6-4-11)20-9-13(17-18-20)19-8-7-14(21)16-15(19)22/h3-6,9-10H,7-8H2,1-2H3,(H,16,21,22). The van der Waals surface area contributed by atoms with Crippen molar-refractivity contribution < 1.29 is 9.59 Å². The van der Waals surface area contributed by atoms with E-state index >= 15 is 0 Å². The highest BCUT2D eigenvalue weighted by Gasteiger charge is 2.26. The summed E-state index contributed by atoms with van der Waals surface area (Å²) in [5.41, 5.74) is 2.12. The van der Waals surface area contributed by atoms with E-state index in [1.54, 1.807) is 10.9 Å². The monoisotopic (exact) mass is 299 g/mol. The highest BCUT2D eigenvalue weighted by Crippen LogP contribution is 2.18. The normalized spacial score (nSPS) is 15.3. The number of rotatable bonds is 3. The number of carbonyl (C=O) groups is 2. The molecule has 1 fully saturated rings. The van der Waals surface area contributed by atoms with Gasteiger partial charge in [-0.05, 0) is 23.6 Å². The first-order valence-corrected chi connectivity index (χ1v) is 7.18. The fourth-order valence-corrected chi connectivity index (χ4v) is 2.30. The fourth-order valence-electron chi connectivity index (χ4n) is 2.30. The Bertz CT molecular complexity index is 705. The minimum Gasteiger partial charge on any atom is -0.278 e. The zero-order valence-corrected chi connectivity index (χ0v) is 12.5. The van der Waals surface area contributed by atoms with Crippen molar-refractivity contribution in [3.05, 3.63) is 36.0 Å². The van der Waals surface area contributed by atoms with Gasteiger partial charge < -0.3 is 0 Å². The number of amides is 3. The second-order valence-corrected chi connectivity index (χ2v) is 5.52. The minimum absolute atomic E-state index is 0.266. The number of anilines is 1. The predicted molar refractivity (Wildman–Crippen MR) is 80.9 cm³/mol. The molecule has 1 aromatic carbocycles. The van der Waals surface area contributed by atoms with E-state index in [1.165, 1.54) is 10.5 Å². The molecule has 2 aromatic rings. The summed E-state index contributed by atoms with van der Waals surface area (Å²) in [7, 11) is 0. The van der Waals surface area contributed by atoms with Crippen molar-refractivity contribution in [2.45, 2.75) is 26.2 Å². The molecule has 3 rings (SSSR count). The molecule has 1 aliphatic heterocycles. The smallest absolute Gasteiger partial charge is 0.278 e. The zero-order chi connectivity index (χ0) is 15.7. The topological polar surface area (TPSA) is 80.1 Å². The van der Waals surface area contributed by atoms with Crippen LogP contribution in [0.4, 0.5) is 10.6 Å². The molecular formula is C15H17N5O2. The van der Waals surface area contributed by atoms with E-state index in [-0.39, 0.29) is 12.3 Å². The summed E-state index contributed by atoms with van der Waals surface area (Å²) in [5.74, 6) is 0.630. The molecule has 1 aliphatic rings. The molecule has 3 amide bonds. The van der Waals surface area contributed by atoms with Gasteiger partial charge in [-0.2, -0.15) is 0 Å². The number of nitrogens with zero attached hydrogens (tertiary/aromatic N) is 4. The fraction of sp³-hybridized carbons (Fsp3) is 0.333. The van der Waals surface area contributed by atoms with Crippen LogP contribution in [0.25, 0.3) is 5.69 Å². The first kappa shape index (κ1) is 14.2. The van der Waals surface area contributed by atoms with Gasteiger partial charge in [0, 0.05) is 13.0 Å². The maximum Gasteiger partial charge on any atom is 0.329 e. The maximum atomic E-state index is 11.8. The van der Waals surface area contributed by atoms with Gasteiger partial charge in [0.15, 0.2) is 5.82 Å². The number of carbonyl (C=O) groups excluding carboxylic acids is 2. The summed E-state index contributed by atoms with van der Waals surface area (Å²) in [4.78, 5) is 24.4. The Morgan fingerprint density at radius 3 is 2.55 bits per heavy atom. The molecule has 7 nitrogen and oxygen atoms in total. The SMILES string of the molecule is CC(C)c1ccc(-n2cc(N3CCC(=O)NC3=O)nn2)cc1. The maximum absolute atomic E-state index is 11.8. The van der Waals surface area contributed by atoms with Crippen LogP contribution in [-0.2, 0) is 4.79 Å². The molecule has 0 radical (unpaired) electrons. The van der Waals surface area contributed by atoms with Crippen molar-refractivity contribution in [1.29, 1.82) is 0 Å². The second kappa shape index (κ2) is 5.59. The Labute approximate surface area is 127 Å². The quantitative estimate of drug-likeness (QED) is 0.937. The third kappa shape index (κ3) is 2.69. The summed E-state index contributed by atoms with van der Waals surface area (Å²) in [6.45, 7) is 4.59. The van der Waals surface area contributed by atoms with Crippen LogP contribution in [0.15, 0.2) is 30.5 Å². The molecule has 0 bridgehead atoms. The van der Waals surface area contributed by atoms with Crippen LogP contribution in [0.5, 0.6) is 0 Å². The number of nitrogens with one attached hydrogen (secondary N) is 1. The van der Waals surface area contributed by atoms with E-state index < -0.39 is 6.03 Å². The Balaban J connectivity index is 1.81. The highest BCUT2D eigenvalue weighted by molar-refractivity contribution is 6.05. The van der Waals surface area contributed by atoms with Crippen molar-refractivity contribution >= 4 is 17.8 Å². The van der Waals surface area contributed by atoms with Crippen LogP contribution >= 0.6 is 0 Å². The molecule has 1 saturated heterocycles. The van der Waals surface area contributed by atoms with Gasteiger partial charge in [0.2, 0.25) is 5.91 Å². The van der Waals surface area contributed by atoms with Crippen molar-refractivity contribution in [3.8, 4) is 5.69 Å². The van der Waals surface area contributed by atoms with E-state index in [4.69, 9.17) is 0 Å². The molecule has 2 heterocycles. The van der Waals surface area contributed by atoms with Crippen molar-refractivity contribution in [1.82, 2.24) is 20.3 Å². The summed E-state index contributed by atoms with van der Waals surface area (Å²) in [5, 5.41) is 10.3. The summed E-state index contributed by atoms with van der Waals surface area (Å²) in [6, 6.07) is 7.57. The third-order valence-corrected chi connectivity index (χ3v) is 3.64. The van der Waals surface area contributed by atoms with E-state index in [9.17, 15) is 9.59 Å². The largest absolute Gasteiger partial charge is 0.329 e. The van der Waals surface area contributed by atoms with Gasteiger partial charge in [-0.15, -0.1) is 5.10 Å². The predicted octanol–water partition coefficient (Wildman–Crippen LogP) is 1.84. The van der Waals surface area contributed by atoms with Gasteiger partial charge in [-0.1, -0.05) is 31.2 Å². The van der Waals surface area contributed by atoms with Crippen LogP contribution in [-0.4, -0.2) is 33.5 Å². The molecule has 1 aromatic heterocycles. The Kier molecular flexibility index (Phi) is 3.62. The zero-order valence-electron chi connectivity index (χ0n) is 12.5. The van der Waals surface area contributed by atoms with Crippen LogP contribution in [0.1, 0.15) is 31.7 Å². The van der Waals surface area contributed by atoms with Crippen LogP contribution in [0.3, 0.4) is 0 Å². The van der Waals surface area contributed by atoms with Gasteiger partial charge >= 0.3 is 6.03 Å². The van der Waals surface area contributed by atoms with Crippen molar-refractivity contribution in [2.24, 2.45) is 0 Å². The van der Waals surface area contributed by atoms with Crippen molar-refractivity contribution in [3.63, 3.8) is 0 Å². The number of benzene rings is 1. The van der Waals surface area contributed by atoms with Gasteiger partial charge in [-0.3, -0.25) is 15.0 Å². The average molecular weight is 299 g/mol. The molecule has 1 N–H and O–H groups in total. The lowest BCUT2D eigenvalue weighted by Gasteiger charge is -2.23. The van der Waals surface area contributed by atoms with E-state index in [1.807, 2.05) is 24.3 Å². The summed E-state index contributed by atoms with van der Waals surface area (Å²) >= 11 is 0. The molecule has 0 unspecified atom stereocenters. The van der Waals surface area contributed by atoms with Gasteiger partial charge in [0.1, 0.15) is 0 Å². The molecule has 0 saturated carbocycles. The average Bonchev–Trinajstić information content (AvgIpc) is 2.97. The Morgan fingerprint density at radius 1 is 1.18 bits per heavy atom. The second-order valence-electron chi connectivity index (χ2n) is 5.52. The highest BCUT2D eigenvalue weighted by atomic mass is 16.2. The first-order chi connectivity index (χ1) is 10.5. The number of hydrogen-bond acceptors (Lipinski definition) is 4. The van der Waals surface area contributed by atoms with Crippen LogP contribution in [0, 0.1) is 0 Å². The summed E-state index contributed by atoms with van der Waals surface area (Å²) in [6.07, 6.45) is 1.95. The lowest BCUT2D eigenvalue weighted by Crippen LogP contribution is -2.49. The first-order valence-electron chi connectivity index (χ1n) is 7.18. The lowest BCUT2D eigenvalue weighted by atomic mass is 10.0. The number of aromatic nitrogens is 3. The molecule has 22 heavy (non-hydrogen) atoms. The van der Waals surface area contributed by atoms with Crippen LogP contribution in [0.2, 0.25) is 0 Å². The van der Waals surface area contributed by atoms with E-state index in [2.05, 4.69) is 29.5 Å². The summed E-state index contributed by atoms with van der Waals surface area (Å²) < 4.78 is 1.61. The third-order valence-electron chi connectivity index (χ3n) is 3.64.